The van der Waals surface area contributed by atoms with Crippen LogP contribution in [-0.4, -0.2) is 38.6 Å². The molecule has 1 heterocycles. The normalized spacial score (nSPS) is 20.2. The first-order valence-corrected chi connectivity index (χ1v) is 9.74. The van der Waals surface area contributed by atoms with E-state index in [0.717, 1.165) is 19.4 Å². The first-order chi connectivity index (χ1) is 11.2. The van der Waals surface area contributed by atoms with Crippen LogP contribution in [0.2, 0.25) is 0 Å². The zero-order chi connectivity index (χ0) is 17.8. The molecule has 0 aliphatic carbocycles. The molecule has 134 valence electrons. The molecule has 1 fully saturated rings. The van der Waals surface area contributed by atoms with Gasteiger partial charge in [0.25, 0.3) is 0 Å². The van der Waals surface area contributed by atoms with Gasteiger partial charge in [-0.15, -0.1) is 0 Å². The van der Waals surface area contributed by atoms with E-state index in [0.29, 0.717) is 6.54 Å². The Bertz CT molecular complexity index is 647. The Morgan fingerprint density at radius 1 is 1.29 bits per heavy atom. The number of hydrogen-bond donors (Lipinski definition) is 2. The van der Waals surface area contributed by atoms with E-state index in [1.807, 2.05) is 0 Å². The molecule has 7 heteroatoms. The molecule has 0 bridgehead atoms. The second-order valence-electron chi connectivity index (χ2n) is 7.03. The lowest BCUT2D eigenvalue weighted by atomic mass is 9.99. The lowest BCUT2D eigenvalue weighted by Crippen LogP contribution is -2.51. The number of ether oxygens (including phenoxy) is 1. The molecule has 2 atom stereocenters. The van der Waals surface area contributed by atoms with Crippen molar-refractivity contribution in [2.75, 3.05) is 13.1 Å². The average molecular weight is 354 g/mol. The van der Waals surface area contributed by atoms with Crippen molar-refractivity contribution in [3.63, 3.8) is 0 Å². The Morgan fingerprint density at radius 2 is 1.96 bits per heavy atom. The predicted molar refractivity (Wildman–Crippen MR) is 92.4 cm³/mol. The fourth-order valence-electron chi connectivity index (χ4n) is 2.77. The Morgan fingerprint density at radius 3 is 2.50 bits per heavy atom. The monoisotopic (exact) mass is 354 g/mol. The van der Waals surface area contributed by atoms with Crippen molar-refractivity contribution >= 4 is 15.9 Å². The Balaban J connectivity index is 2.27. The largest absolute Gasteiger partial charge is 0.444 e. The zero-order valence-corrected chi connectivity index (χ0v) is 15.2. The second kappa shape index (κ2) is 7.53. The standard InChI is InChI=1S/C17H26N2O4S/c1-17(2,3)23-16(20)19-15(13-8-7-11-18-12-13)24(21,22)14-9-5-4-6-10-14/h4-6,9-10,13,15,18H,7-8,11-12H2,1-3H3,(H,19,20). The maximum atomic E-state index is 13.0. The third-order valence-electron chi connectivity index (χ3n) is 3.83. The van der Waals surface area contributed by atoms with Gasteiger partial charge in [0.15, 0.2) is 9.84 Å². The Labute approximate surface area is 143 Å². The van der Waals surface area contributed by atoms with Gasteiger partial charge in [-0.2, -0.15) is 0 Å². The fraction of sp³-hybridized carbons (Fsp3) is 0.588. The smallest absolute Gasteiger partial charge is 0.408 e. The fourth-order valence-corrected chi connectivity index (χ4v) is 4.59. The van der Waals surface area contributed by atoms with Crippen molar-refractivity contribution in [3.05, 3.63) is 30.3 Å². The molecule has 0 saturated carbocycles. The first-order valence-electron chi connectivity index (χ1n) is 8.19. The highest BCUT2D eigenvalue weighted by Crippen LogP contribution is 2.25. The van der Waals surface area contributed by atoms with Crippen molar-refractivity contribution in [2.45, 2.75) is 49.5 Å². The highest BCUT2D eigenvalue weighted by atomic mass is 32.2. The van der Waals surface area contributed by atoms with Gasteiger partial charge in [-0.3, -0.25) is 0 Å². The summed E-state index contributed by atoms with van der Waals surface area (Å²) < 4.78 is 31.3. The molecule has 1 amide bonds. The molecule has 1 aromatic rings. The summed E-state index contributed by atoms with van der Waals surface area (Å²) in [6.45, 7) is 6.65. The highest BCUT2D eigenvalue weighted by molar-refractivity contribution is 7.92. The average Bonchev–Trinajstić information content (AvgIpc) is 2.52. The van der Waals surface area contributed by atoms with Gasteiger partial charge >= 0.3 is 6.09 Å². The van der Waals surface area contributed by atoms with E-state index in [1.165, 1.54) is 0 Å². The summed E-state index contributed by atoms with van der Waals surface area (Å²) in [5.74, 6) is -0.198. The van der Waals surface area contributed by atoms with Gasteiger partial charge in [-0.05, 0) is 52.3 Å². The Kier molecular flexibility index (Phi) is 5.87. The SMILES string of the molecule is CC(C)(C)OC(=O)NC(C1CCCNC1)S(=O)(=O)c1ccccc1. The van der Waals surface area contributed by atoms with Gasteiger partial charge in [0.05, 0.1) is 4.90 Å². The summed E-state index contributed by atoms with van der Waals surface area (Å²) in [6, 6.07) is 8.22. The van der Waals surface area contributed by atoms with Crippen LogP contribution in [0.4, 0.5) is 4.79 Å². The molecular weight excluding hydrogens is 328 g/mol. The van der Waals surface area contributed by atoms with Crippen LogP contribution in [0.1, 0.15) is 33.6 Å². The van der Waals surface area contributed by atoms with Crippen molar-refractivity contribution < 1.29 is 17.9 Å². The van der Waals surface area contributed by atoms with Gasteiger partial charge in [-0.25, -0.2) is 13.2 Å². The molecule has 0 radical (unpaired) electrons. The van der Waals surface area contributed by atoms with E-state index in [2.05, 4.69) is 10.6 Å². The minimum absolute atomic E-state index is 0.198. The molecule has 24 heavy (non-hydrogen) atoms. The quantitative estimate of drug-likeness (QED) is 0.867. The number of alkyl carbamates (subject to hydrolysis) is 1. The van der Waals surface area contributed by atoms with Crippen molar-refractivity contribution in [1.29, 1.82) is 0 Å². The summed E-state index contributed by atoms with van der Waals surface area (Å²) in [5, 5.41) is 4.79. The van der Waals surface area contributed by atoms with Crippen LogP contribution in [0, 0.1) is 5.92 Å². The van der Waals surface area contributed by atoms with Gasteiger partial charge in [-0.1, -0.05) is 18.2 Å². The van der Waals surface area contributed by atoms with Crippen LogP contribution in [0.5, 0.6) is 0 Å². The van der Waals surface area contributed by atoms with Gasteiger partial charge in [0.1, 0.15) is 11.0 Å². The van der Waals surface area contributed by atoms with Crippen LogP contribution in [-0.2, 0) is 14.6 Å². The molecule has 2 N–H and O–H groups in total. The number of carbonyl (C=O) groups is 1. The third kappa shape index (κ3) is 4.95. The Hall–Kier alpha value is -1.60. The van der Waals surface area contributed by atoms with Gasteiger partial charge < -0.3 is 15.4 Å². The first kappa shape index (κ1) is 18.7. The number of benzene rings is 1. The number of rotatable bonds is 4. The van der Waals surface area contributed by atoms with E-state index in [1.54, 1.807) is 51.1 Å². The number of carbonyl (C=O) groups excluding carboxylic acids is 1. The van der Waals surface area contributed by atoms with E-state index in [4.69, 9.17) is 4.74 Å². The van der Waals surface area contributed by atoms with Crippen LogP contribution >= 0.6 is 0 Å². The highest BCUT2D eigenvalue weighted by Gasteiger charge is 2.37. The summed E-state index contributed by atoms with van der Waals surface area (Å²) >= 11 is 0. The van der Waals surface area contributed by atoms with Crippen molar-refractivity contribution in [2.24, 2.45) is 5.92 Å². The van der Waals surface area contributed by atoms with Crippen LogP contribution in [0.15, 0.2) is 35.2 Å². The molecule has 6 nitrogen and oxygen atoms in total. The molecule has 0 aromatic heterocycles. The summed E-state index contributed by atoms with van der Waals surface area (Å²) in [5.41, 5.74) is -0.685. The molecule has 1 aliphatic rings. The van der Waals surface area contributed by atoms with E-state index < -0.39 is 26.9 Å². The third-order valence-corrected chi connectivity index (χ3v) is 5.93. The summed E-state index contributed by atoms with van der Waals surface area (Å²) in [6.07, 6.45) is 0.902. The topological polar surface area (TPSA) is 84.5 Å². The molecule has 2 rings (SSSR count). The molecular formula is C17H26N2O4S. The molecule has 1 aliphatic heterocycles. The molecule has 1 aromatic carbocycles. The van der Waals surface area contributed by atoms with E-state index in [9.17, 15) is 13.2 Å². The molecule has 1 saturated heterocycles. The molecule has 0 spiro atoms. The van der Waals surface area contributed by atoms with Gasteiger partial charge in [0, 0.05) is 12.5 Å². The maximum absolute atomic E-state index is 13.0. The second-order valence-corrected chi connectivity index (χ2v) is 9.10. The lowest BCUT2D eigenvalue weighted by Gasteiger charge is -2.31. The lowest BCUT2D eigenvalue weighted by molar-refractivity contribution is 0.0504. The number of nitrogens with one attached hydrogen (secondary N) is 2. The maximum Gasteiger partial charge on any atom is 0.408 e. The van der Waals surface area contributed by atoms with Crippen molar-refractivity contribution in [3.8, 4) is 0 Å². The number of hydrogen-bond acceptors (Lipinski definition) is 5. The zero-order valence-electron chi connectivity index (χ0n) is 14.4. The summed E-state index contributed by atoms with van der Waals surface area (Å²) in [4.78, 5) is 12.4. The van der Waals surface area contributed by atoms with Gasteiger partial charge in [0.2, 0.25) is 0 Å². The van der Waals surface area contributed by atoms with Crippen LogP contribution in [0.3, 0.4) is 0 Å². The number of amides is 1. The minimum atomic E-state index is -3.70. The van der Waals surface area contributed by atoms with Crippen LogP contribution in [0.25, 0.3) is 0 Å². The van der Waals surface area contributed by atoms with Crippen LogP contribution < -0.4 is 10.6 Å². The van der Waals surface area contributed by atoms with Crippen molar-refractivity contribution in [1.82, 2.24) is 10.6 Å². The number of piperidine rings is 1. The minimum Gasteiger partial charge on any atom is -0.444 e. The number of sulfone groups is 1. The van der Waals surface area contributed by atoms with E-state index >= 15 is 0 Å². The molecule has 2 unspecified atom stereocenters. The predicted octanol–water partition coefficient (Wildman–Crippen LogP) is 2.31. The van der Waals surface area contributed by atoms with E-state index in [-0.39, 0.29) is 10.8 Å². The summed E-state index contributed by atoms with van der Waals surface area (Å²) in [7, 11) is -3.70.